The van der Waals surface area contributed by atoms with Crippen LogP contribution < -0.4 is 16.2 Å². The van der Waals surface area contributed by atoms with E-state index in [1.54, 1.807) is 0 Å². The minimum atomic E-state index is -0.123. The first-order valence-electron chi connectivity index (χ1n) is 7.69. The first-order chi connectivity index (χ1) is 9.95. The van der Waals surface area contributed by atoms with E-state index < -0.39 is 0 Å². The van der Waals surface area contributed by atoms with Crippen LogP contribution in [0.15, 0.2) is 6.07 Å². The molecule has 118 valence electrons. The molecule has 21 heavy (non-hydrogen) atoms. The van der Waals surface area contributed by atoms with Crippen molar-refractivity contribution in [2.45, 2.75) is 57.9 Å². The van der Waals surface area contributed by atoms with Crippen molar-refractivity contribution in [2.24, 2.45) is 5.84 Å². The third kappa shape index (κ3) is 3.83. The maximum absolute atomic E-state index is 9.05. The van der Waals surface area contributed by atoms with Crippen molar-refractivity contribution in [3.8, 4) is 0 Å². The first kappa shape index (κ1) is 16.0. The van der Waals surface area contributed by atoms with Gasteiger partial charge < -0.3 is 15.4 Å². The van der Waals surface area contributed by atoms with E-state index in [-0.39, 0.29) is 12.0 Å². The van der Waals surface area contributed by atoms with Gasteiger partial charge >= 0.3 is 0 Å². The molecule has 6 nitrogen and oxygen atoms in total. The van der Waals surface area contributed by atoms with E-state index in [0.29, 0.717) is 11.9 Å². The van der Waals surface area contributed by atoms with E-state index in [9.17, 15) is 0 Å². The van der Waals surface area contributed by atoms with E-state index in [0.717, 1.165) is 43.9 Å². The fraction of sp³-hybridized carbons (Fsp3) is 0.733. The number of aliphatic hydroxyl groups excluding tert-OH is 1. The van der Waals surface area contributed by atoms with Crippen molar-refractivity contribution in [3.63, 3.8) is 0 Å². The van der Waals surface area contributed by atoms with Crippen LogP contribution >= 0.6 is 0 Å². The van der Waals surface area contributed by atoms with Crippen LogP contribution in [0.1, 0.15) is 52.3 Å². The fourth-order valence-corrected chi connectivity index (χ4v) is 2.76. The van der Waals surface area contributed by atoms with Crippen molar-refractivity contribution in [1.82, 2.24) is 9.97 Å². The van der Waals surface area contributed by atoms with Gasteiger partial charge in [-0.3, -0.25) is 0 Å². The summed E-state index contributed by atoms with van der Waals surface area (Å²) >= 11 is 0. The lowest BCUT2D eigenvalue weighted by Crippen LogP contribution is -2.31. The fourth-order valence-electron chi connectivity index (χ4n) is 2.76. The Morgan fingerprint density at radius 1 is 1.43 bits per heavy atom. The quantitative estimate of drug-likeness (QED) is 0.567. The van der Waals surface area contributed by atoms with Gasteiger partial charge in [-0.25, -0.2) is 15.8 Å². The number of nitrogens with zero attached hydrogens (tertiary/aromatic N) is 3. The molecule has 2 heterocycles. The maximum atomic E-state index is 9.05. The predicted molar refractivity (Wildman–Crippen MR) is 85.2 cm³/mol. The van der Waals surface area contributed by atoms with Crippen LogP contribution in [0.3, 0.4) is 0 Å². The molecule has 0 aliphatic carbocycles. The Bertz CT molecular complexity index is 472. The van der Waals surface area contributed by atoms with Crippen molar-refractivity contribution in [2.75, 3.05) is 23.5 Å². The van der Waals surface area contributed by atoms with Crippen LogP contribution in [-0.4, -0.2) is 34.3 Å². The van der Waals surface area contributed by atoms with Crippen LogP contribution in [0.25, 0.3) is 0 Å². The lowest BCUT2D eigenvalue weighted by Gasteiger charge is -2.28. The molecule has 4 N–H and O–H groups in total. The van der Waals surface area contributed by atoms with Crippen molar-refractivity contribution < 1.29 is 5.11 Å². The molecule has 0 bridgehead atoms. The van der Waals surface area contributed by atoms with Gasteiger partial charge in [0.2, 0.25) is 0 Å². The molecule has 0 aromatic carbocycles. The van der Waals surface area contributed by atoms with Crippen LogP contribution in [-0.2, 0) is 5.41 Å². The summed E-state index contributed by atoms with van der Waals surface area (Å²) in [5, 5.41) is 9.05. The molecule has 2 rings (SSSR count). The Morgan fingerprint density at radius 3 is 2.81 bits per heavy atom. The van der Waals surface area contributed by atoms with Gasteiger partial charge in [-0.1, -0.05) is 20.8 Å². The minimum absolute atomic E-state index is 0.123. The minimum Gasteiger partial charge on any atom is -0.396 e. The Kier molecular flexibility index (Phi) is 5.00. The normalized spacial score (nSPS) is 19.1. The summed E-state index contributed by atoms with van der Waals surface area (Å²) in [5.41, 5.74) is 2.52. The van der Waals surface area contributed by atoms with Crippen molar-refractivity contribution in [3.05, 3.63) is 11.9 Å². The number of aromatic nitrogens is 2. The van der Waals surface area contributed by atoms with Gasteiger partial charge in [0.15, 0.2) is 0 Å². The highest BCUT2D eigenvalue weighted by molar-refractivity contribution is 5.50. The van der Waals surface area contributed by atoms with Gasteiger partial charge in [0.1, 0.15) is 17.5 Å². The Labute approximate surface area is 126 Å². The molecule has 0 spiro atoms. The largest absolute Gasteiger partial charge is 0.396 e. The first-order valence-corrected chi connectivity index (χ1v) is 7.69. The molecule has 1 aromatic heterocycles. The molecule has 1 aromatic rings. The molecule has 6 heteroatoms. The molecule has 1 unspecified atom stereocenters. The van der Waals surface area contributed by atoms with E-state index in [1.165, 1.54) is 0 Å². The Balaban J connectivity index is 2.29. The monoisotopic (exact) mass is 293 g/mol. The van der Waals surface area contributed by atoms with Gasteiger partial charge in [-0.05, 0) is 25.7 Å². The Hall–Kier alpha value is -1.40. The van der Waals surface area contributed by atoms with Gasteiger partial charge in [0, 0.05) is 30.7 Å². The number of hydrogen-bond acceptors (Lipinski definition) is 6. The third-order valence-corrected chi connectivity index (χ3v) is 3.90. The van der Waals surface area contributed by atoms with E-state index in [2.05, 4.69) is 36.1 Å². The Morgan fingerprint density at radius 2 is 2.19 bits per heavy atom. The lowest BCUT2D eigenvalue weighted by molar-refractivity contribution is 0.279. The molecule has 1 fully saturated rings. The zero-order valence-electron chi connectivity index (χ0n) is 13.3. The topological polar surface area (TPSA) is 87.3 Å². The molecular formula is C15H27N5O. The van der Waals surface area contributed by atoms with Gasteiger partial charge in [0.25, 0.3) is 0 Å². The average Bonchev–Trinajstić information content (AvgIpc) is 2.92. The van der Waals surface area contributed by atoms with Crippen LogP contribution in [0.5, 0.6) is 0 Å². The molecule has 1 aliphatic heterocycles. The second kappa shape index (κ2) is 6.58. The number of nitrogens with two attached hydrogens (primary N) is 1. The molecule has 0 radical (unpaired) electrons. The molecule has 0 saturated carbocycles. The summed E-state index contributed by atoms with van der Waals surface area (Å²) in [4.78, 5) is 11.5. The summed E-state index contributed by atoms with van der Waals surface area (Å²) in [6.45, 7) is 7.54. The predicted octanol–water partition coefficient (Wildman–Crippen LogP) is 1.80. The van der Waals surface area contributed by atoms with Gasteiger partial charge in [-0.2, -0.15) is 0 Å². The van der Waals surface area contributed by atoms with Crippen molar-refractivity contribution >= 4 is 11.6 Å². The lowest BCUT2D eigenvalue weighted by atomic mass is 9.96. The second-order valence-corrected chi connectivity index (χ2v) is 6.68. The SMILES string of the molecule is CC(C)(C)c1nc(NN)cc(N2CCCC2CCCO)n1. The number of hydrazine groups is 1. The van der Waals surface area contributed by atoms with Crippen LogP contribution in [0.4, 0.5) is 11.6 Å². The molecular weight excluding hydrogens is 266 g/mol. The third-order valence-electron chi connectivity index (χ3n) is 3.90. The zero-order chi connectivity index (χ0) is 15.5. The zero-order valence-corrected chi connectivity index (χ0v) is 13.3. The highest BCUT2D eigenvalue weighted by Crippen LogP contribution is 2.30. The van der Waals surface area contributed by atoms with E-state index in [4.69, 9.17) is 15.9 Å². The van der Waals surface area contributed by atoms with Crippen LogP contribution in [0.2, 0.25) is 0 Å². The van der Waals surface area contributed by atoms with E-state index in [1.807, 2.05) is 6.07 Å². The smallest absolute Gasteiger partial charge is 0.145 e. The summed E-state index contributed by atoms with van der Waals surface area (Å²) in [6, 6.07) is 2.36. The molecule has 1 atom stereocenters. The van der Waals surface area contributed by atoms with Gasteiger partial charge in [0.05, 0.1) is 0 Å². The highest BCUT2D eigenvalue weighted by Gasteiger charge is 2.27. The van der Waals surface area contributed by atoms with Crippen LogP contribution in [0, 0.1) is 0 Å². The molecule has 1 aliphatic rings. The summed E-state index contributed by atoms with van der Waals surface area (Å²) in [6.07, 6.45) is 4.15. The number of nitrogen functional groups attached to an aromatic ring is 1. The second-order valence-electron chi connectivity index (χ2n) is 6.68. The maximum Gasteiger partial charge on any atom is 0.145 e. The van der Waals surface area contributed by atoms with Gasteiger partial charge in [-0.15, -0.1) is 0 Å². The molecule has 0 amide bonds. The highest BCUT2D eigenvalue weighted by atomic mass is 16.2. The van der Waals surface area contributed by atoms with E-state index >= 15 is 0 Å². The number of hydrogen-bond donors (Lipinski definition) is 3. The standard InChI is InChI=1S/C15H27N5O/c1-15(2,3)14-17-12(19-16)10-13(18-14)20-8-4-6-11(20)7-5-9-21/h10-11,21H,4-9,16H2,1-3H3,(H,17,18,19). The number of rotatable bonds is 5. The molecule has 1 saturated heterocycles. The number of nitrogens with one attached hydrogen (secondary N) is 1. The summed E-state index contributed by atoms with van der Waals surface area (Å²) in [7, 11) is 0. The number of anilines is 2. The summed E-state index contributed by atoms with van der Waals surface area (Å²) in [5.74, 6) is 7.93. The average molecular weight is 293 g/mol. The number of aliphatic hydroxyl groups is 1. The summed E-state index contributed by atoms with van der Waals surface area (Å²) < 4.78 is 0. The van der Waals surface area contributed by atoms with Crippen molar-refractivity contribution in [1.29, 1.82) is 0 Å².